The van der Waals surface area contributed by atoms with Gasteiger partial charge in [0.15, 0.2) is 4.77 Å². The summed E-state index contributed by atoms with van der Waals surface area (Å²) in [6.07, 6.45) is 0.740. The van der Waals surface area contributed by atoms with E-state index in [2.05, 4.69) is 9.97 Å². The maximum Gasteiger partial charge on any atom is 0.261 e. The highest BCUT2D eigenvalue weighted by Gasteiger charge is 2.34. The molecule has 0 aromatic carbocycles. The fourth-order valence-corrected chi connectivity index (χ4v) is 2.59. The third-order valence-electron chi connectivity index (χ3n) is 3.62. The highest BCUT2D eigenvalue weighted by atomic mass is 32.1. The smallest absolute Gasteiger partial charge is 0.261 e. The van der Waals surface area contributed by atoms with E-state index < -0.39 is 11.7 Å². The van der Waals surface area contributed by atoms with Gasteiger partial charge in [-0.05, 0) is 19.1 Å². The summed E-state index contributed by atoms with van der Waals surface area (Å²) in [5, 5.41) is 20.4. The molecule has 2 aromatic rings. The van der Waals surface area contributed by atoms with E-state index in [1.807, 2.05) is 0 Å². The van der Waals surface area contributed by atoms with Gasteiger partial charge in [0.2, 0.25) is 5.88 Å². The molecule has 3 N–H and O–H groups in total. The van der Waals surface area contributed by atoms with Crippen molar-refractivity contribution in [3.8, 4) is 11.6 Å². The van der Waals surface area contributed by atoms with Crippen molar-refractivity contribution in [1.29, 1.82) is 0 Å². The molecule has 0 saturated heterocycles. The van der Waals surface area contributed by atoms with Crippen LogP contribution in [0, 0.1) is 11.7 Å². The van der Waals surface area contributed by atoms with Crippen LogP contribution in [0.4, 0.5) is 0 Å². The molecule has 0 amide bonds. The molecule has 1 atom stereocenters. The maximum atomic E-state index is 12.1. The number of aromatic nitrogens is 3. The lowest BCUT2D eigenvalue weighted by Gasteiger charge is -2.15. The van der Waals surface area contributed by atoms with Gasteiger partial charge in [0.05, 0.1) is 12.3 Å². The summed E-state index contributed by atoms with van der Waals surface area (Å²) in [6, 6.07) is 0. The van der Waals surface area contributed by atoms with Crippen LogP contribution in [0.1, 0.15) is 28.5 Å². The Morgan fingerprint density at radius 3 is 2.90 bits per heavy atom. The Hall–Kier alpha value is -2.19. The van der Waals surface area contributed by atoms with Crippen molar-refractivity contribution in [2.45, 2.75) is 19.6 Å². The second kappa shape index (κ2) is 4.68. The van der Waals surface area contributed by atoms with Crippen molar-refractivity contribution >= 4 is 12.2 Å². The lowest BCUT2D eigenvalue weighted by Crippen LogP contribution is -2.21. The summed E-state index contributed by atoms with van der Waals surface area (Å²) in [5.41, 5.74) is 1.06. The van der Waals surface area contributed by atoms with E-state index in [1.165, 1.54) is 11.6 Å². The molecule has 7 nitrogen and oxygen atoms in total. The highest BCUT2D eigenvalue weighted by molar-refractivity contribution is 7.71. The molecule has 0 unspecified atom stereocenters. The van der Waals surface area contributed by atoms with Gasteiger partial charge in [0.1, 0.15) is 17.4 Å². The molecule has 0 fully saturated rings. The maximum absolute atomic E-state index is 12.1. The number of rotatable bonds is 1. The van der Waals surface area contributed by atoms with Crippen LogP contribution < -0.4 is 5.56 Å². The lowest BCUT2D eigenvalue weighted by atomic mass is 10.0. The SMILES string of the molecule is Cc1ncc2c(c1O)[C@H](c1c(O)n(C)c(=S)[nH]c1=O)OC2. The van der Waals surface area contributed by atoms with Crippen LogP contribution in [0.2, 0.25) is 0 Å². The summed E-state index contributed by atoms with van der Waals surface area (Å²) < 4.78 is 6.96. The number of aryl methyl sites for hydroxylation is 1. The van der Waals surface area contributed by atoms with Crippen LogP contribution in [-0.4, -0.2) is 24.7 Å². The van der Waals surface area contributed by atoms with Crippen LogP contribution in [0.5, 0.6) is 11.6 Å². The largest absolute Gasteiger partial charge is 0.506 e. The number of nitrogens with one attached hydrogen (secondary N) is 1. The Morgan fingerprint density at radius 2 is 2.19 bits per heavy atom. The molecule has 21 heavy (non-hydrogen) atoms. The minimum absolute atomic E-state index is 0.0192. The molecule has 3 heterocycles. The van der Waals surface area contributed by atoms with Gasteiger partial charge in [-0.2, -0.15) is 0 Å². The first-order valence-corrected chi connectivity index (χ1v) is 6.63. The number of hydrogen-bond acceptors (Lipinski definition) is 6. The predicted molar refractivity (Wildman–Crippen MR) is 75.8 cm³/mol. The minimum Gasteiger partial charge on any atom is -0.506 e. The molecule has 0 bridgehead atoms. The minimum atomic E-state index is -0.854. The van der Waals surface area contributed by atoms with Crippen molar-refractivity contribution in [2.24, 2.45) is 7.05 Å². The van der Waals surface area contributed by atoms with Gasteiger partial charge in [-0.25, -0.2) is 0 Å². The molecule has 1 aliphatic rings. The number of ether oxygens (including phenoxy) is 1. The number of nitrogens with zero attached hydrogens (tertiary/aromatic N) is 2. The van der Waals surface area contributed by atoms with Crippen molar-refractivity contribution in [3.05, 3.63) is 43.7 Å². The molecule has 1 aliphatic heterocycles. The third kappa shape index (κ3) is 1.95. The van der Waals surface area contributed by atoms with Gasteiger partial charge in [-0.3, -0.25) is 19.3 Å². The zero-order valence-corrected chi connectivity index (χ0v) is 12.2. The number of aromatic amines is 1. The van der Waals surface area contributed by atoms with E-state index in [1.54, 1.807) is 13.1 Å². The second-order valence-electron chi connectivity index (χ2n) is 4.88. The number of pyridine rings is 1. The zero-order chi connectivity index (χ0) is 15.3. The third-order valence-corrected chi connectivity index (χ3v) is 3.99. The molecule has 8 heteroatoms. The zero-order valence-electron chi connectivity index (χ0n) is 11.4. The van der Waals surface area contributed by atoms with E-state index in [0.717, 1.165) is 0 Å². The van der Waals surface area contributed by atoms with E-state index >= 15 is 0 Å². The van der Waals surface area contributed by atoms with Gasteiger partial charge in [0.25, 0.3) is 5.56 Å². The van der Waals surface area contributed by atoms with E-state index in [-0.39, 0.29) is 28.6 Å². The monoisotopic (exact) mass is 307 g/mol. The van der Waals surface area contributed by atoms with E-state index in [9.17, 15) is 15.0 Å². The summed E-state index contributed by atoms with van der Waals surface area (Å²) in [6.45, 7) is 1.86. The fourth-order valence-electron chi connectivity index (χ4n) is 2.41. The van der Waals surface area contributed by atoms with Crippen LogP contribution in [0.15, 0.2) is 11.0 Å². The van der Waals surface area contributed by atoms with Crippen molar-refractivity contribution < 1.29 is 14.9 Å². The molecule has 0 saturated carbocycles. The molecule has 0 aliphatic carbocycles. The Morgan fingerprint density at radius 1 is 1.48 bits per heavy atom. The van der Waals surface area contributed by atoms with Gasteiger partial charge in [0, 0.05) is 24.4 Å². The van der Waals surface area contributed by atoms with Crippen molar-refractivity contribution in [2.75, 3.05) is 0 Å². The van der Waals surface area contributed by atoms with Gasteiger partial charge < -0.3 is 14.9 Å². The summed E-state index contributed by atoms with van der Waals surface area (Å²) in [4.78, 5) is 18.7. The van der Waals surface area contributed by atoms with Gasteiger partial charge in [-0.1, -0.05) is 0 Å². The number of aromatic hydroxyl groups is 2. The van der Waals surface area contributed by atoms with Crippen LogP contribution in [-0.2, 0) is 18.4 Å². The number of fused-ring (bicyclic) bond motifs is 1. The highest BCUT2D eigenvalue weighted by Crippen LogP contribution is 2.42. The Labute approximate surface area is 124 Å². The number of hydrogen-bond donors (Lipinski definition) is 3. The second-order valence-corrected chi connectivity index (χ2v) is 5.26. The molecular weight excluding hydrogens is 294 g/mol. The standard InChI is InChI=1S/C13H13N3O4S/c1-5-9(17)7-6(3-14-5)4-20-10(7)8-11(18)15-13(21)16(2)12(8)19/h3,10,17,19H,4H2,1-2H3,(H,15,18,21)/t10-/m1/s1. The normalized spacial score (nSPS) is 17.0. The quantitative estimate of drug-likeness (QED) is 0.684. The first-order chi connectivity index (χ1) is 9.91. The Bertz CT molecular complexity index is 856. The van der Waals surface area contributed by atoms with Crippen LogP contribution >= 0.6 is 12.2 Å². The van der Waals surface area contributed by atoms with Crippen LogP contribution in [0.3, 0.4) is 0 Å². The Kier molecular flexibility index (Phi) is 3.07. The molecular formula is C13H13N3O4S. The summed E-state index contributed by atoms with van der Waals surface area (Å²) >= 11 is 4.93. The molecule has 110 valence electrons. The predicted octanol–water partition coefficient (Wildman–Crippen LogP) is 1.18. The van der Waals surface area contributed by atoms with E-state index in [4.69, 9.17) is 17.0 Å². The van der Waals surface area contributed by atoms with Gasteiger partial charge >= 0.3 is 0 Å². The average Bonchev–Trinajstić information content (AvgIpc) is 2.85. The first kappa shape index (κ1) is 13.8. The lowest BCUT2D eigenvalue weighted by molar-refractivity contribution is 0.0890. The molecule has 2 aromatic heterocycles. The van der Waals surface area contributed by atoms with E-state index in [0.29, 0.717) is 16.8 Å². The fraction of sp³-hybridized carbons (Fsp3) is 0.308. The Balaban J connectivity index is 2.28. The molecule has 3 rings (SSSR count). The van der Waals surface area contributed by atoms with Crippen LogP contribution in [0.25, 0.3) is 0 Å². The van der Waals surface area contributed by atoms with Crippen molar-refractivity contribution in [1.82, 2.24) is 14.5 Å². The van der Waals surface area contributed by atoms with Gasteiger partial charge in [-0.15, -0.1) is 0 Å². The van der Waals surface area contributed by atoms with Crippen molar-refractivity contribution in [3.63, 3.8) is 0 Å². The average molecular weight is 307 g/mol. The summed E-state index contributed by atoms with van der Waals surface area (Å²) in [5.74, 6) is -0.311. The first-order valence-electron chi connectivity index (χ1n) is 6.23. The summed E-state index contributed by atoms with van der Waals surface area (Å²) in [7, 11) is 1.53. The number of H-pyrrole nitrogens is 1. The molecule has 0 radical (unpaired) electrons. The molecule has 0 spiro atoms. The topological polar surface area (TPSA) is 100 Å².